The van der Waals surface area contributed by atoms with Crippen molar-refractivity contribution in [1.29, 1.82) is 0 Å². The van der Waals surface area contributed by atoms with Crippen LogP contribution in [0.3, 0.4) is 0 Å². The Morgan fingerprint density at radius 3 is 2.80 bits per heavy atom. The molecule has 0 bridgehead atoms. The summed E-state index contributed by atoms with van der Waals surface area (Å²) in [4.78, 5) is 0. The number of aryl methyl sites for hydroxylation is 2. The zero-order valence-electron chi connectivity index (χ0n) is 12.3. The standard InChI is InChI=1S/C15H20ClN3O/c1-5-19-15(12(16)9-18-19)14(17-3)11-7-6-10(2)8-13(11)20-4/h6-9,14,17H,5H2,1-4H3. The molecule has 2 aromatic rings. The van der Waals surface area contributed by atoms with Crippen LogP contribution in [0.15, 0.2) is 24.4 Å². The number of rotatable bonds is 5. The number of hydrogen-bond donors (Lipinski definition) is 1. The summed E-state index contributed by atoms with van der Waals surface area (Å²) in [6, 6.07) is 6.11. The first-order chi connectivity index (χ1) is 9.62. The number of halogens is 1. The highest BCUT2D eigenvalue weighted by molar-refractivity contribution is 6.31. The monoisotopic (exact) mass is 293 g/mol. The van der Waals surface area contributed by atoms with Gasteiger partial charge in [-0.3, -0.25) is 4.68 Å². The van der Waals surface area contributed by atoms with Crippen molar-refractivity contribution in [3.05, 3.63) is 46.2 Å². The molecule has 108 valence electrons. The summed E-state index contributed by atoms with van der Waals surface area (Å²) in [5.41, 5.74) is 3.17. The third-order valence-corrected chi connectivity index (χ3v) is 3.69. The molecule has 0 amide bonds. The second-order valence-corrected chi connectivity index (χ2v) is 5.07. The third kappa shape index (κ3) is 2.67. The van der Waals surface area contributed by atoms with E-state index in [0.717, 1.165) is 29.1 Å². The van der Waals surface area contributed by atoms with Gasteiger partial charge in [-0.2, -0.15) is 5.10 Å². The number of methoxy groups -OCH3 is 1. The molecule has 1 unspecified atom stereocenters. The van der Waals surface area contributed by atoms with Gasteiger partial charge in [0.15, 0.2) is 0 Å². The van der Waals surface area contributed by atoms with E-state index in [2.05, 4.69) is 22.5 Å². The maximum atomic E-state index is 6.31. The number of benzene rings is 1. The SMILES string of the molecule is CCn1ncc(Cl)c1C(NC)c1ccc(C)cc1OC. The molecule has 0 saturated carbocycles. The molecular formula is C15H20ClN3O. The molecule has 0 aliphatic rings. The molecule has 1 atom stereocenters. The second-order valence-electron chi connectivity index (χ2n) is 4.66. The van der Waals surface area contributed by atoms with Gasteiger partial charge in [0.2, 0.25) is 0 Å². The van der Waals surface area contributed by atoms with E-state index in [1.165, 1.54) is 0 Å². The Kier molecular flexibility index (Phi) is 4.68. The Morgan fingerprint density at radius 1 is 1.45 bits per heavy atom. The second kappa shape index (κ2) is 6.29. The number of hydrogen-bond acceptors (Lipinski definition) is 3. The molecule has 0 radical (unpaired) electrons. The molecular weight excluding hydrogens is 274 g/mol. The molecule has 1 aromatic heterocycles. The highest BCUT2D eigenvalue weighted by Gasteiger charge is 2.23. The highest BCUT2D eigenvalue weighted by Crippen LogP contribution is 2.33. The maximum absolute atomic E-state index is 6.31. The number of nitrogens with one attached hydrogen (secondary N) is 1. The van der Waals surface area contributed by atoms with Crippen LogP contribution in [0.4, 0.5) is 0 Å². The lowest BCUT2D eigenvalue weighted by Gasteiger charge is -2.21. The zero-order valence-corrected chi connectivity index (χ0v) is 13.0. The summed E-state index contributed by atoms with van der Waals surface area (Å²) in [5, 5.41) is 8.27. The number of aromatic nitrogens is 2. The fourth-order valence-electron chi connectivity index (χ4n) is 2.41. The highest BCUT2D eigenvalue weighted by atomic mass is 35.5. The first kappa shape index (κ1) is 14.9. The van der Waals surface area contributed by atoms with Crippen LogP contribution in [0, 0.1) is 6.92 Å². The van der Waals surface area contributed by atoms with Gasteiger partial charge in [-0.15, -0.1) is 0 Å². The van der Waals surface area contributed by atoms with Crippen molar-refractivity contribution < 1.29 is 4.74 Å². The Hall–Kier alpha value is -1.52. The van der Waals surface area contributed by atoms with E-state index in [1.807, 2.05) is 31.6 Å². The van der Waals surface area contributed by atoms with Gasteiger partial charge in [0.25, 0.3) is 0 Å². The van der Waals surface area contributed by atoms with Gasteiger partial charge in [-0.25, -0.2) is 0 Å². The van der Waals surface area contributed by atoms with Crippen molar-refractivity contribution in [2.24, 2.45) is 0 Å². The average Bonchev–Trinajstić information content (AvgIpc) is 2.82. The quantitative estimate of drug-likeness (QED) is 0.920. The summed E-state index contributed by atoms with van der Waals surface area (Å²) in [5.74, 6) is 0.851. The minimum absolute atomic E-state index is 0.0551. The molecule has 0 fully saturated rings. The lowest BCUT2D eigenvalue weighted by molar-refractivity contribution is 0.403. The smallest absolute Gasteiger partial charge is 0.124 e. The van der Waals surface area contributed by atoms with Crippen LogP contribution < -0.4 is 10.1 Å². The largest absolute Gasteiger partial charge is 0.496 e. The Labute approximate surface area is 124 Å². The van der Waals surface area contributed by atoms with Gasteiger partial charge in [0.05, 0.1) is 30.1 Å². The van der Waals surface area contributed by atoms with E-state index in [4.69, 9.17) is 16.3 Å². The molecule has 0 saturated heterocycles. The molecule has 2 rings (SSSR count). The predicted octanol–water partition coefficient (Wildman–Crippen LogP) is 3.18. The first-order valence-corrected chi connectivity index (χ1v) is 7.03. The first-order valence-electron chi connectivity index (χ1n) is 6.65. The Morgan fingerprint density at radius 2 is 2.20 bits per heavy atom. The van der Waals surface area contributed by atoms with E-state index in [0.29, 0.717) is 5.02 Å². The third-order valence-electron chi connectivity index (χ3n) is 3.39. The fourth-order valence-corrected chi connectivity index (χ4v) is 2.66. The van der Waals surface area contributed by atoms with Crippen LogP contribution in [0.1, 0.15) is 29.8 Å². The van der Waals surface area contributed by atoms with E-state index >= 15 is 0 Å². The van der Waals surface area contributed by atoms with Crippen molar-refractivity contribution in [1.82, 2.24) is 15.1 Å². The van der Waals surface area contributed by atoms with Crippen LogP contribution in [0.5, 0.6) is 5.75 Å². The van der Waals surface area contributed by atoms with Gasteiger partial charge in [0.1, 0.15) is 5.75 Å². The average molecular weight is 294 g/mol. The molecule has 1 aromatic carbocycles. The topological polar surface area (TPSA) is 39.1 Å². The van der Waals surface area contributed by atoms with Gasteiger partial charge in [-0.05, 0) is 32.5 Å². The minimum Gasteiger partial charge on any atom is -0.496 e. The molecule has 0 spiro atoms. The fraction of sp³-hybridized carbons (Fsp3) is 0.400. The molecule has 5 heteroatoms. The van der Waals surface area contributed by atoms with Crippen molar-refractivity contribution in [3.8, 4) is 5.75 Å². The molecule has 1 N–H and O–H groups in total. The molecule has 0 aliphatic carbocycles. The van der Waals surface area contributed by atoms with Gasteiger partial charge >= 0.3 is 0 Å². The van der Waals surface area contributed by atoms with Crippen LogP contribution in [0.2, 0.25) is 5.02 Å². The normalized spacial score (nSPS) is 12.4. The summed E-state index contributed by atoms with van der Waals surface area (Å²) in [6.07, 6.45) is 1.69. The van der Waals surface area contributed by atoms with E-state index in [9.17, 15) is 0 Å². The summed E-state index contributed by atoms with van der Waals surface area (Å²) in [6.45, 7) is 4.87. The molecule has 20 heavy (non-hydrogen) atoms. The van der Waals surface area contributed by atoms with Gasteiger partial charge < -0.3 is 10.1 Å². The summed E-state index contributed by atoms with van der Waals surface area (Å²) < 4.78 is 7.41. The van der Waals surface area contributed by atoms with Crippen LogP contribution >= 0.6 is 11.6 Å². The van der Waals surface area contributed by atoms with Crippen molar-refractivity contribution in [2.45, 2.75) is 26.4 Å². The van der Waals surface area contributed by atoms with Crippen LogP contribution in [0.25, 0.3) is 0 Å². The van der Waals surface area contributed by atoms with E-state index in [1.54, 1.807) is 13.3 Å². The number of ether oxygens (including phenoxy) is 1. The van der Waals surface area contributed by atoms with Crippen LogP contribution in [-0.4, -0.2) is 23.9 Å². The Bertz CT molecular complexity index is 595. The minimum atomic E-state index is -0.0551. The number of nitrogens with zero attached hydrogens (tertiary/aromatic N) is 2. The summed E-state index contributed by atoms with van der Waals surface area (Å²) in [7, 11) is 3.59. The zero-order chi connectivity index (χ0) is 14.7. The molecule has 1 heterocycles. The van der Waals surface area contributed by atoms with Crippen molar-refractivity contribution in [3.63, 3.8) is 0 Å². The summed E-state index contributed by atoms with van der Waals surface area (Å²) >= 11 is 6.31. The van der Waals surface area contributed by atoms with Crippen LogP contribution in [-0.2, 0) is 6.54 Å². The van der Waals surface area contributed by atoms with E-state index < -0.39 is 0 Å². The lowest BCUT2D eigenvalue weighted by atomic mass is 10.0. The van der Waals surface area contributed by atoms with E-state index in [-0.39, 0.29) is 6.04 Å². The van der Waals surface area contributed by atoms with Crippen molar-refractivity contribution >= 4 is 11.6 Å². The Balaban J connectivity index is 2.55. The predicted molar refractivity (Wildman–Crippen MR) is 81.5 cm³/mol. The molecule has 0 aliphatic heterocycles. The molecule has 4 nitrogen and oxygen atoms in total. The van der Waals surface area contributed by atoms with Crippen molar-refractivity contribution in [2.75, 3.05) is 14.2 Å². The maximum Gasteiger partial charge on any atom is 0.124 e. The lowest BCUT2D eigenvalue weighted by Crippen LogP contribution is -2.22. The van der Waals surface area contributed by atoms with Gasteiger partial charge in [0, 0.05) is 12.1 Å². The van der Waals surface area contributed by atoms with Gasteiger partial charge in [-0.1, -0.05) is 23.7 Å².